The van der Waals surface area contributed by atoms with Crippen LogP contribution < -0.4 is 11.3 Å². The number of nitrogens with zero attached hydrogens (tertiary/aromatic N) is 3. The zero-order valence-electron chi connectivity index (χ0n) is 11.8. The minimum Gasteiger partial charge on any atom is -0.341 e. The van der Waals surface area contributed by atoms with Crippen LogP contribution >= 0.6 is 11.3 Å². The Morgan fingerprint density at radius 1 is 1.55 bits per heavy atom. The maximum Gasteiger partial charge on any atom is 0.271 e. The predicted molar refractivity (Wildman–Crippen MR) is 79.1 cm³/mol. The molecule has 1 amide bonds. The maximum atomic E-state index is 12.4. The standard InChI is InChI=1S/C13H18N4O2S/c1-13(2,7-14)8-16(3)10(18)9-6-15-12-17(11(9)19)4-5-20-12/h4-6H,7-8,14H2,1-3H3. The van der Waals surface area contributed by atoms with E-state index in [4.69, 9.17) is 5.73 Å². The molecule has 0 fully saturated rings. The highest BCUT2D eigenvalue weighted by molar-refractivity contribution is 7.15. The molecule has 7 heteroatoms. The van der Waals surface area contributed by atoms with Crippen molar-refractivity contribution in [3.8, 4) is 0 Å². The molecule has 0 unspecified atom stereocenters. The minimum absolute atomic E-state index is 0.0798. The normalized spacial score (nSPS) is 11.8. The van der Waals surface area contributed by atoms with Gasteiger partial charge in [-0.05, 0) is 12.0 Å². The van der Waals surface area contributed by atoms with Crippen LogP contribution in [0.5, 0.6) is 0 Å². The van der Waals surface area contributed by atoms with Gasteiger partial charge in [-0.25, -0.2) is 4.98 Å². The molecule has 0 atom stereocenters. The van der Waals surface area contributed by atoms with Crippen LogP contribution in [0.3, 0.4) is 0 Å². The van der Waals surface area contributed by atoms with Gasteiger partial charge < -0.3 is 10.6 Å². The lowest BCUT2D eigenvalue weighted by Crippen LogP contribution is -2.41. The van der Waals surface area contributed by atoms with E-state index in [0.717, 1.165) is 0 Å². The number of carbonyl (C=O) groups excluding carboxylic acids is 1. The summed E-state index contributed by atoms with van der Waals surface area (Å²) in [6.45, 7) is 4.90. The number of amides is 1. The van der Waals surface area contributed by atoms with Crippen LogP contribution in [0.25, 0.3) is 4.96 Å². The average Bonchev–Trinajstić information content (AvgIpc) is 2.87. The average molecular weight is 294 g/mol. The molecule has 2 N–H and O–H groups in total. The zero-order valence-corrected chi connectivity index (χ0v) is 12.6. The summed E-state index contributed by atoms with van der Waals surface area (Å²) >= 11 is 1.35. The molecule has 0 saturated carbocycles. The number of fused-ring (bicyclic) bond motifs is 1. The van der Waals surface area contributed by atoms with E-state index in [9.17, 15) is 9.59 Å². The molecule has 108 valence electrons. The molecule has 2 heterocycles. The summed E-state index contributed by atoms with van der Waals surface area (Å²) in [6, 6.07) is 0. The van der Waals surface area contributed by atoms with Crippen LogP contribution in [0, 0.1) is 5.41 Å². The molecule has 0 aliphatic carbocycles. The molecular formula is C13H18N4O2S. The lowest BCUT2D eigenvalue weighted by atomic mass is 9.93. The second kappa shape index (κ2) is 5.34. The van der Waals surface area contributed by atoms with Gasteiger partial charge in [-0.3, -0.25) is 14.0 Å². The molecule has 0 aromatic carbocycles. The molecular weight excluding hydrogens is 276 g/mol. The first-order valence-electron chi connectivity index (χ1n) is 6.26. The van der Waals surface area contributed by atoms with Gasteiger partial charge in [0.15, 0.2) is 4.96 Å². The van der Waals surface area contributed by atoms with Crippen LogP contribution in [0.4, 0.5) is 0 Å². The molecule has 0 spiro atoms. The minimum atomic E-state index is -0.335. The zero-order chi connectivity index (χ0) is 14.9. The van der Waals surface area contributed by atoms with E-state index in [1.165, 1.54) is 26.8 Å². The summed E-state index contributed by atoms with van der Waals surface area (Å²) in [5, 5.41) is 1.76. The van der Waals surface area contributed by atoms with Crippen molar-refractivity contribution in [2.24, 2.45) is 11.1 Å². The fraction of sp³-hybridized carbons (Fsp3) is 0.462. The van der Waals surface area contributed by atoms with E-state index in [-0.39, 0.29) is 22.4 Å². The van der Waals surface area contributed by atoms with Crippen molar-refractivity contribution in [3.05, 3.63) is 33.7 Å². The van der Waals surface area contributed by atoms with Gasteiger partial charge in [0.1, 0.15) is 5.56 Å². The Bertz CT molecular complexity index is 689. The predicted octanol–water partition coefficient (Wildman–Crippen LogP) is 0.813. The van der Waals surface area contributed by atoms with Crippen molar-refractivity contribution < 1.29 is 4.79 Å². The molecule has 0 aliphatic rings. The molecule has 2 rings (SSSR count). The van der Waals surface area contributed by atoms with Crippen molar-refractivity contribution in [2.75, 3.05) is 20.1 Å². The van der Waals surface area contributed by atoms with Crippen LogP contribution in [-0.4, -0.2) is 40.3 Å². The van der Waals surface area contributed by atoms with Crippen molar-refractivity contribution in [2.45, 2.75) is 13.8 Å². The third-order valence-corrected chi connectivity index (χ3v) is 3.91. The fourth-order valence-electron chi connectivity index (χ4n) is 1.96. The number of nitrogens with two attached hydrogens (primary N) is 1. The summed E-state index contributed by atoms with van der Waals surface area (Å²) < 4.78 is 1.39. The number of thiazole rings is 1. The van der Waals surface area contributed by atoms with Gasteiger partial charge in [0.05, 0.1) is 0 Å². The number of rotatable bonds is 4. The molecule has 0 bridgehead atoms. The van der Waals surface area contributed by atoms with Gasteiger partial charge in [0.2, 0.25) is 0 Å². The molecule has 0 aliphatic heterocycles. The van der Waals surface area contributed by atoms with E-state index in [1.54, 1.807) is 18.6 Å². The second-order valence-electron chi connectivity index (χ2n) is 5.56. The van der Waals surface area contributed by atoms with Gasteiger partial charge >= 0.3 is 0 Å². The van der Waals surface area contributed by atoms with Crippen molar-refractivity contribution in [1.82, 2.24) is 14.3 Å². The van der Waals surface area contributed by atoms with E-state index >= 15 is 0 Å². The monoisotopic (exact) mass is 294 g/mol. The number of hydrogen-bond acceptors (Lipinski definition) is 5. The fourth-order valence-corrected chi connectivity index (χ4v) is 2.63. The van der Waals surface area contributed by atoms with Crippen molar-refractivity contribution >= 4 is 22.2 Å². The molecule has 6 nitrogen and oxygen atoms in total. The SMILES string of the molecule is CN(CC(C)(C)CN)C(=O)c1cnc2sccn2c1=O. The first-order valence-corrected chi connectivity index (χ1v) is 7.14. The quantitative estimate of drug-likeness (QED) is 0.905. The third kappa shape index (κ3) is 2.73. The van der Waals surface area contributed by atoms with Gasteiger partial charge in [0.25, 0.3) is 11.5 Å². The Balaban J connectivity index is 2.31. The second-order valence-corrected chi connectivity index (χ2v) is 6.44. The van der Waals surface area contributed by atoms with Gasteiger partial charge in [0, 0.05) is 31.4 Å². The summed E-state index contributed by atoms with van der Waals surface area (Å²) in [6.07, 6.45) is 2.97. The first-order chi connectivity index (χ1) is 9.35. The van der Waals surface area contributed by atoms with Crippen molar-refractivity contribution in [3.63, 3.8) is 0 Å². The highest BCUT2D eigenvalue weighted by Crippen LogP contribution is 2.15. The van der Waals surface area contributed by atoms with Crippen LogP contribution in [-0.2, 0) is 0 Å². The largest absolute Gasteiger partial charge is 0.341 e. The van der Waals surface area contributed by atoms with Gasteiger partial charge in [-0.15, -0.1) is 11.3 Å². The van der Waals surface area contributed by atoms with Crippen molar-refractivity contribution in [1.29, 1.82) is 0 Å². The Kier molecular flexibility index (Phi) is 3.92. The smallest absolute Gasteiger partial charge is 0.271 e. The highest BCUT2D eigenvalue weighted by Gasteiger charge is 2.24. The Hall–Kier alpha value is -1.73. The van der Waals surface area contributed by atoms with Gasteiger partial charge in [-0.1, -0.05) is 13.8 Å². The maximum absolute atomic E-state index is 12.4. The van der Waals surface area contributed by atoms with E-state index < -0.39 is 0 Å². The Morgan fingerprint density at radius 2 is 2.25 bits per heavy atom. The van der Waals surface area contributed by atoms with Crippen LogP contribution in [0.2, 0.25) is 0 Å². The number of carbonyl (C=O) groups is 1. The van der Waals surface area contributed by atoms with Crippen LogP contribution in [0.15, 0.2) is 22.6 Å². The topological polar surface area (TPSA) is 80.7 Å². The first kappa shape index (κ1) is 14.7. The van der Waals surface area contributed by atoms with E-state index in [2.05, 4.69) is 4.98 Å². The summed E-state index contributed by atoms with van der Waals surface area (Å²) in [7, 11) is 1.67. The van der Waals surface area contributed by atoms with Gasteiger partial charge in [-0.2, -0.15) is 0 Å². The van der Waals surface area contributed by atoms with E-state index in [0.29, 0.717) is 18.1 Å². The Morgan fingerprint density at radius 3 is 2.90 bits per heavy atom. The molecule has 0 saturated heterocycles. The van der Waals surface area contributed by atoms with Crippen LogP contribution in [0.1, 0.15) is 24.2 Å². The number of aromatic nitrogens is 2. The highest BCUT2D eigenvalue weighted by atomic mass is 32.1. The molecule has 20 heavy (non-hydrogen) atoms. The molecule has 0 radical (unpaired) electrons. The third-order valence-electron chi connectivity index (χ3n) is 3.14. The number of hydrogen-bond donors (Lipinski definition) is 1. The van der Waals surface area contributed by atoms with E-state index in [1.807, 2.05) is 13.8 Å². The Labute approximate surface area is 120 Å². The summed E-state index contributed by atoms with van der Waals surface area (Å²) in [5.74, 6) is -0.329. The molecule has 2 aromatic rings. The summed E-state index contributed by atoms with van der Waals surface area (Å²) in [5.41, 5.74) is 5.22. The molecule has 2 aromatic heterocycles. The lowest BCUT2D eigenvalue weighted by molar-refractivity contribution is 0.0738. The lowest BCUT2D eigenvalue weighted by Gasteiger charge is -2.28. The summed E-state index contributed by atoms with van der Waals surface area (Å²) in [4.78, 5) is 30.8.